The molecule has 2 N–H and O–H groups in total. The van der Waals surface area contributed by atoms with Crippen LogP contribution in [0.4, 0.5) is 0 Å². The zero-order valence-corrected chi connectivity index (χ0v) is 8.80. The summed E-state index contributed by atoms with van der Waals surface area (Å²) in [7, 11) is 0. The van der Waals surface area contributed by atoms with E-state index in [1.165, 1.54) is 6.42 Å². The van der Waals surface area contributed by atoms with Crippen LogP contribution in [-0.2, 0) is 0 Å². The van der Waals surface area contributed by atoms with Crippen LogP contribution < -0.4 is 5.32 Å². The van der Waals surface area contributed by atoms with Crippen molar-refractivity contribution in [1.82, 2.24) is 5.32 Å². The molecule has 12 heavy (non-hydrogen) atoms. The van der Waals surface area contributed by atoms with Crippen molar-refractivity contribution in [2.75, 3.05) is 6.54 Å². The Morgan fingerprint density at radius 2 is 1.75 bits per heavy atom. The summed E-state index contributed by atoms with van der Waals surface area (Å²) < 4.78 is 0. The monoisotopic (exact) mass is 173 g/mol. The van der Waals surface area contributed by atoms with E-state index in [1.54, 1.807) is 0 Å². The van der Waals surface area contributed by atoms with Gasteiger partial charge in [0.2, 0.25) is 0 Å². The summed E-state index contributed by atoms with van der Waals surface area (Å²) in [5.74, 6) is 0.749. The number of aliphatic hydroxyl groups is 1. The van der Waals surface area contributed by atoms with Crippen molar-refractivity contribution in [3.8, 4) is 0 Å². The van der Waals surface area contributed by atoms with Gasteiger partial charge >= 0.3 is 0 Å². The van der Waals surface area contributed by atoms with Crippen LogP contribution in [0, 0.1) is 5.92 Å². The molecule has 0 heterocycles. The molecule has 0 aliphatic heterocycles. The first-order valence-electron chi connectivity index (χ1n) is 4.93. The Labute approximate surface area is 76.4 Å². The van der Waals surface area contributed by atoms with Gasteiger partial charge in [0.25, 0.3) is 0 Å². The molecule has 74 valence electrons. The minimum absolute atomic E-state index is 0.177. The SMILES string of the molecule is CC(C)C[C@@H](C)NCC[C@H](C)O. The molecule has 0 aliphatic carbocycles. The third-order valence-electron chi connectivity index (χ3n) is 1.88. The molecule has 0 saturated heterocycles. The molecule has 0 unspecified atom stereocenters. The van der Waals surface area contributed by atoms with Gasteiger partial charge in [-0.3, -0.25) is 0 Å². The van der Waals surface area contributed by atoms with Crippen molar-refractivity contribution in [1.29, 1.82) is 0 Å². The van der Waals surface area contributed by atoms with Crippen LogP contribution in [0.5, 0.6) is 0 Å². The minimum Gasteiger partial charge on any atom is -0.393 e. The fourth-order valence-corrected chi connectivity index (χ4v) is 1.33. The molecule has 0 amide bonds. The summed E-state index contributed by atoms with van der Waals surface area (Å²) >= 11 is 0. The van der Waals surface area contributed by atoms with Crippen LogP contribution in [0.15, 0.2) is 0 Å². The second kappa shape index (κ2) is 6.44. The summed E-state index contributed by atoms with van der Waals surface area (Å²) in [5.41, 5.74) is 0. The Morgan fingerprint density at radius 1 is 1.17 bits per heavy atom. The second-order valence-electron chi connectivity index (χ2n) is 4.12. The van der Waals surface area contributed by atoms with Crippen molar-refractivity contribution in [3.05, 3.63) is 0 Å². The Morgan fingerprint density at radius 3 is 2.17 bits per heavy atom. The van der Waals surface area contributed by atoms with Crippen molar-refractivity contribution in [2.24, 2.45) is 5.92 Å². The first kappa shape index (κ1) is 11.9. The van der Waals surface area contributed by atoms with Crippen molar-refractivity contribution in [2.45, 2.75) is 52.7 Å². The molecule has 0 bridgehead atoms. The minimum atomic E-state index is -0.177. The molecule has 2 heteroatoms. The van der Waals surface area contributed by atoms with E-state index < -0.39 is 0 Å². The lowest BCUT2D eigenvalue weighted by Gasteiger charge is -2.16. The van der Waals surface area contributed by atoms with Crippen LogP contribution in [0.2, 0.25) is 0 Å². The van der Waals surface area contributed by atoms with Crippen LogP contribution in [0.1, 0.15) is 40.5 Å². The molecule has 2 atom stereocenters. The van der Waals surface area contributed by atoms with E-state index in [-0.39, 0.29) is 6.10 Å². The van der Waals surface area contributed by atoms with Gasteiger partial charge in [0.15, 0.2) is 0 Å². The van der Waals surface area contributed by atoms with Crippen LogP contribution >= 0.6 is 0 Å². The van der Waals surface area contributed by atoms with Gasteiger partial charge < -0.3 is 10.4 Å². The van der Waals surface area contributed by atoms with Crippen LogP contribution in [-0.4, -0.2) is 23.8 Å². The van der Waals surface area contributed by atoms with Crippen molar-refractivity contribution < 1.29 is 5.11 Å². The average molecular weight is 173 g/mol. The Bertz CT molecular complexity index is 102. The Kier molecular flexibility index (Phi) is 6.39. The first-order valence-corrected chi connectivity index (χ1v) is 4.93. The average Bonchev–Trinajstić information content (AvgIpc) is 1.84. The van der Waals surface area contributed by atoms with Gasteiger partial charge in [-0.25, -0.2) is 0 Å². The topological polar surface area (TPSA) is 32.3 Å². The van der Waals surface area contributed by atoms with Gasteiger partial charge in [-0.15, -0.1) is 0 Å². The predicted octanol–water partition coefficient (Wildman–Crippen LogP) is 1.78. The molecule has 0 aromatic carbocycles. The number of nitrogens with one attached hydrogen (secondary N) is 1. The summed E-state index contributed by atoms with van der Waals surface area (Å²) in [6.45, 7) is 9.40. The highest BCUT2D eigenvalue weighted by Gasteiger charge is 2.03. The van der Waals surface area contributed by atoms with Gasteiger partial charge in [-0.05, 0) is 39.2 Å². The molecule has 0 radical (unpaired) electrons. The standard InChI is InChI=1S/C10H23NO/c1-8(2)7-9(3)11-6-5-10(4)12/h8-12H,5-7H2,1-4H3/t9-,10+/m1/s1. The fraction of sp³-hybridized carbons (Fsp3) is 1.00. The molecule has 0 saturated carbocycles. The van der Waals surface area contributed by atoms with Crippen LogP contribution in [0.25, 0.3) is 0 Å². The molecular weight excluding hydrogens is 150 g/mol. The molecule has 0 spiro atoms. The van der Waals surface area contributed by atoms with E-state index in [9.17, 15) is 0 Å². The third-order valence-corrected chi connectivity index (χ3v) is 1.88. The first-order chi connectivity index (χ1) is 5.52. The fourth-order valence-electron chi connectivity index (χ4n) is 1.33. The van der Waals surface area contributed by atoms with E-state index in [4.69, 9.17) is 5.11 Å². The van der Waals surface area contributed by atoms with Gasteiger partial charge in [0.05, 0.1) is 6.10 Å². The van der Waals surface area contributed by atoms with Gasteiger partial charge in [-0.1, -0.05) is 13.8 Å². The molecule has 2 nitrogen and oxygen atoms in total. The lowest BCUT2D eigenvalue weighted by Crippen LogP contribution is -2.29. The maximum absolute atomic E-state index is 9.01. The van der Waals surface area contributed by atoms with Gasteiger partial charge in [0.1, 0.15) is 0 Å². The lowest BCUT2D eigenvalue weighted by molar-refractivity contribution is 0.182. The maximum Gasteiger partial charge on any atom is 0.0524 e. The van der Waals surface area contributed by atoms with Crippen LogP contribution in [0.3, 0.4) is 0 Å². The number of hydrogen-bond donors (Lipinski definition) is 2. The number of aliphatic hydroxyl groups excluding tert-OH is 1. The Balaban J connectivity index is 3.25. The van der Waals surface area contributed by atoms with Gasteiger partial charge in [-0.2, -0.15) is 0 Å². The van der Waals surface area contributed by atoms with E-state index >= 15 is 0 Å². The molecule has 0 aromatic rings. The highest BCUT2D eigenvalue weighted by Crippen LogP contribution is 2.03. The molecular formula is C10H23NO. The maximum atomic E-state index is 9.01. The lowest BCUT2D eigenvalue weighted by atomic mass is 10.1. The molecule has 0 fully saturated rings. The second-order valence-corrected chi connectivity index (χ2v) is 4.12. The van der Waals surface area contributed by atoms with Crippen molar-refractivity contribution in [3.63, 3.8) is 0 Å². The zero-order chi connectivity index (χ0) is 9.56. The third kappa shape index (κ3) is 8.02. The van der Waals surface area contributed by atoms with E-state index in [0.29, 0.717) is 6.04 Å². The number of hydrogen-bond acceptors (Lipinski definition) is 2. The zero-order valence-electron chi connectivity index (χ0n) is 8.80. The summed E-state index contributed by atoms with van der Waals surface area (Å²) in [6, 6.07) is 0.573. The highest BCUT2D eigenvalue weighted by atomic mass is 16.3. The highest BCUT2D eigenvalue weighted by molar-refractivity contribution is 4.63. The molecule has 0 aromatic heterocycles. The largest absolute Gasteiger partial charge is 0.393 e. The summed E-state index contributed by atoms with van der Waals surface area (Å²) in [5, 5.41) is 12.4. The Hall–Kier alpha value is -0.0800. The quantitative estimate of drug-likeness (QED) is 0.641. The summed E-state index contributed by atoms with van der Waals surface area (Å²) in [4.78, 5) is 0. The molecule has 0 rings (SSSR count). The smallest absolute Gasteiger partial charge is 0.0524 e. The summed E-state index contributed by atoms with van der Waals surface area (Å²) in [6.07, 6.45) is 1.88. The van der Waals surface area contributed by atoms with E-state index in [2.05, 4.69) is 26.1 Å². The van der Waals surface area contributed by atoms with Crippen molar-refractivity contribution >= 4 is 0 Å². The van der Waals surface area contributed by atoms with E-state index in [1.807, 2.05) is 6.92 Å². The van der Waals surface area contributed by atoms with Gasteiger partial charge in [0, 0.05) is 6.04 Å². The molecule has 0 aliphatic rings. The van der Waals surface area contributed by atoms with E-state index in [0.717, 1.165) is 18.9 Å². The normalized spacial score (nSPS) is 16.5. The predicted molar refractivity (Wildman–Crippen MR) is 53.2 cm³/mol. The number of rotatable bonds is 6.